The van der Waals surface area contributed by atoms with Crippen molar-refractivity contribution in [3.05, 3.63) is 83.1 Å². The highest BCUT2D eigenvalue weighted by atomic mass is 15.0. The lowest BCUT2D eigenvalue weighted by molar-refractivity contribution is 0.562. The van der Waals surface area contributed by atoms with Crippen LogP contribution in [0.5, 0.6) is 0 Å². The summed E-state index contributed by atoms with van der Waals surface area (Å²) in [5, 5.41) is 10.7. The Bertz CT molecular complexity index is 847. The lowest BCUT2D eigenvalue weighted by Crippen LogP contribution is -2.31. The van der Waals surface area contributed by atoms with Crippen LogP contribution in [0.4, 0.5) is 0 Å². The molecule has 4 heteroatoms. The van der Waals surface area contributed by atoms with Crippen LogP contribution in [-0.4, -0.2) is 23.1 Å². The van der Waals surface area contributed by atoms with Crippen molar-refractivity contribution in [2.45, 2.75) is 24.5 Å². The molecule has 0 spiro atoms. The molecule has 3 atom stereocenters. The predicted octanol–water partition coefficient (Wildman–Crippen LogP) is 2.57. The van der Waals surface area contributed by atoms with Gasteiger partial charge >= 0.3 is 0 Å². The molecule has 0 amide bonds. The molecule has 4 N–H and O–H groups in total. The Morgan fingerprint density at radius 2 is 1.33 bits per heavy atom. The third kappa shape index (κ3) is 2.60. The number of hydrogen-bond donors (Lipinski definition) is 4. The molecular weight excluding hydrogens is 296 g/mol. The Kier molecular flexibility index (Phi) is 3.01. The van der Waals surface area contributed by atoms with E-state index >= 15 is 0 Å². The van der Waals surface area contributed by atoms with Gasteiger partial charge in [0.05, 0.1) is 6.04 Å². The average molecular weight is 316 g/mol. The smallest absolute Gasteiger partial charge is 0.0655 e. The molecule has 120 valence electrons. The third-order valence-electron chi connectivity index (χ3n) is 4.76. The van der Waals surface area contributed by atoms with Crippen molar-refractivity contribution in [1.82, 2.24) is 20.9 Å². The quantitative estimate of drug-likeness (QED) is 0.595. The maximum Gasteiger partial charge on any atom is 0.0655 e. The summed E-state index contributed by atoms with van der Waals surface area (Å²) < 4.78 is 0. The van der Waals surface area contributed by atoms with E-state index in [1.54, 1.807) is 0 Å². The van der Waals surface area contributed by atoms with Gasteiger partial charge in [-0.25, -0.2) is 0 Å². The Balaban J connectivity index is 1.51. The molecule has 5 heterocycles. The first-order valence-electron chi connectivity index (χ1n) is 8.49. The largest absolute Gasteiger partial charge is 0.379 e. The summed E-state index contributed by atoms with van der Waals surface area (Å²) in [6.45, 7) is 0. The molecule has 0 aromatic carbocycles. The summed E-state index contributed by atoms with van der Waals surface area (Å²) in [6, 6.07) is 5.21. The molecule has 4 nitrogen and oxygen atoms in total. The fourth-order valence-corrected chi connectivity index (χ4v) is 3.61. The van der Waals surface area contributed by atoms with Gasteiger partial charge in [0, 0.05) is 40.6 Å². The number of rotatable bonds is 0. The highest BCUT2D eigenvalue weighted by Crippen LogP contribution is 2.20. The van der Waals surface area contributed by atoms with Gasteiger partial charge in [0.1, 0.15) is 0 Å². The van der Waals surface area contributed by atoms with E-state index in [-0.39, 0.29) is 6.04 Å². The zero-order chi connectivity index (χ0) is 15.9. The average Bonchev–Trinajstić information content (AvgIpc) is 3.32. The highest BCUT2D eigenvalue weighted by Gasteiger charge is 2.20. The van der Waals surface area contributed by atoms with Gasteiger partial charge in [-0.2, -0.15) is 0 Å². The molecular formula is C20H20N4. The van der Waals surface area contributed by atoms with Gasteiger partial charge in [-0.1, -0.05) is 18.2 Å². The molecule has 0 saturated heterocycles. The minimum absolute atomic E-state index is 0.237. The number of nitrogens with one attached hydrogen (secondary N) is 4. The Morgan fingerprint density at radius 3 is 2.12 bits per heavy atom. The van der Waals surface area contributed by atoms with Gasteiger partial charge in [-0.05, 0) is 55.0 Å². The molecule has 4 aliphatic rings. The van der Waals surface area contributed by atoms with Crippen molar-refractivity contribution in [3.8, 4) is 0 Å². The van der Waals surface area contributed by atoms with E-state index < -0.39 is 0 Å². The van der Waals surface area contributed by atoms with Crippen LogP contribution in [0.15, 0.2) is 71.8 Å². The zero-order valence-corrected chi connectivity index (χ0v) is 13.3. The molecule has 3 unspecified atom stereocenters. The normalized spacial score (nSPS) is 33.8. The first-order valence-corrected chi connectivity index (χ1v) is 8.49. The first-order chi connectivity index (χ1) is 11.8. The summed E-state index contributed by atoms with van der Waals surface area (Å²) >= 11 is 0. The number of H-pyrrole nitrogens is 1. The van der Waals surface area contributed by atoms with Crippen LogP contribution < -0.4 is 16.0 Å². The van der Waals surface area contributed by atoms with Crippen molar-refractivity contribution in [2.24, 2.45) is 0 Å². The van der Waals surface area contributed by atoms with E-state index in [4.69, 9.17) is 0 Å². The van der Waals surface area contributed by atoms with Crippen LogP contribution in [0, 0.1) is 0 Å². The standard InChI is InChI=1S/C20H20N4/c1-2-14-10-16-5-6-18(23-16)12-20-8-7-19(24-20)11-17-4-3-15(22-17)9-13(1)21-14/h1-11,14,18,20-24H,12H2/b13-9?,16-10-,19-11-. The van der Waals surface area contributed by atoms with Crippen LogP contribution in [0.25, 0.3) is 12.2 Å². The van der Waals surface area contributed by atoms with Crippen LogP contribution in [0.3, 0.4) is 0 Å². The SMILES string of the molecule is C1=CC2/C=C3/C=CC(CC4C=C/C(=C/c5ccc([nH]5)C=C1N2)N4)N3. The fraction of sp³-hybridized carbons (Fsp3) is 0.200. The molecule has 0 radical (unpaired) electrons. The second-order valence-electron chi connectivity index (χ2n) is 6.68. The van der Waals surface area contributed by atoms with Gasteiger partial charge < -0.3 is 20.9 Å². The van der Waals surface area contributed by atoms with Crippen LogP contribution in [0.2, 0.25) is 0 Å². The number of fused-ring (bicyclic) bond motifs is 8. The van der Waals surface area contributed by atoms with Gasteiger partial charge in [-0.3, -0.25) is 0 Å². The van der Waals surface area contributed by atoms with E-state index in [0.717, 1.165) is 29.2 Å². The van der Waals surface area contributed by atoms with Gasteiger partial charge in [0.15, 0.2) is 0 Å². The summed E-state index contributed by atoms with van der Waals surface area (Å²) in [5.41, 5.74) is 5.69. The number of aromatic nitrogens is 1. The van der Waals surface area contributed by atoms with Crippen LogP contribution >= 0.6 is 0 Å². The molecule has 0 saturated carbocycles. The number of aromatic amines is 1. The van der Waals surface area contributed by atoms with Gasteiger partial charge in [0.2, 0.25) is 0 Å². The Labute approximate surface area is 141 Å². The topological polar surface area (TPSA) is 51.9 Å². The fourth-order valence-electron chi connectivity index (χ4n) is 3.61. The van der Waals surface area contributed by atoms with Crippen molar-refractivity contribution < 1.29 is 0 Å². The molecule has 0 aliphatic carbocycles. The first kappa shape index (κ1) is 13.5. The van der Waals surface area contributed by atoms with E-state index in [9.17, 15) is 0 Å². The second-order valence-corrected chi connectivity index (χ2v) is 6.68. The summed E-state index contributed by atoms with van der Waals surface area (Å²) in [6.07, 6.45) is 20.8. The minimum atomic E-state index is 0.237. The van der Waals surface area contributed by atoms with E-state index in [2.05, 4.69) is 87.8 Å². The van der Waals surface area contributed by atoms with Gasteiger partial charge in [0.25, 0.3) is 0 Å². The zero-order valence-electron chi connectivity index (χ0n) is 13.3. The second kappa shape index (κ2) is 5.34. The molecule has 8 bridgehead atoms. The van der Waals surface area contributed by atoms with Crippen molar-refractivity contribution in [3.63, 3.8) is 0 Å². The van der Waals surface area contributed by atoms with Crippen LogP contribution in [-0.2, 0) is 0 Å². The monoisotopic (exact) mass is 316 g/mol. The lowest BCUT2D eigenvalue weighted by Gasteiger charge is -2.17. The molecule has 5 rings (SSSR count). The maximum atomic E-state index is 3.60. The van der Waals surface area contributed by atoms with Crippen molar-refractivity contribution >= 4 is 12.2 Å². The summed E-state index contributed by atoms with van der Waals surface area (Å²) in [5.74, 6) is 0. The number of allylic oxidation sites excluding steroid dienone is 3. The van der Waals surface area contributed by atoms with Crippen molar-refractivity contribution in [2.75, 3.05) is 0 Å². The van der Waals surface area contributed by atoms with E-state index in [1.165, 1.54) is 5.70 Å². The third-order valence-corrected chi connectivity index (χ3v) is 4.76. The lowest BCUT2D eigenvalue weighted by atomic mass is 10.1. The van der Waals surface area contributed by atoms with E-state index in [0.29, 0.717) is 12.1 Å². The van der Waals surface area contributed by atoms with Gasteiger partial charge in [-0.15, -0.1) is 0 Å². The van der Waals surface area contributed by atoms with Crippen LogP contribution in [0.1, 0.15) is 17.8 Å². The Hall–Kier alpha value is -2.88. The number of hydrogen-bond acceptors (Lipinski definition) is 3. The maximum absolute atomic E-state index is 3.60. The molecule has 1 aromatic rings. The highest BCUT2D eigenvalue weighted by molar-refractivity contribution is 5.60. The predicted molar refractivity (Wildman–Crippen MR) is 97.6 cm³/mol. The Morgan fingerprint density at radius 1 is 0.708 bits per heavy atom. The molecule has 4 aliphatic heterocycles. The molecule has 0 fully saturated rings. The summed E-state index contributed by atoms with van der Waals surface area (Å²) in [7, 11) is 0. The summed E-state index contributed by atoms with van der Waals surface area (Å²) in [4.78, 5) is 3.45. The van der Waals surface area contributed by atoms with E-state index in [1.807, 2.05) is 0 Å². The molecule has 24 heavy (non-hydrogen) atoms. The van der Waals surface area contributed by atoms with Crippen molar-refractivity contribution in [1.29, 1.82) is 0 Å². The molecule has 1 aromatic heterocycles. The minimum Gasteiger partial charge on any atom is -0.379 e.